The zero-order valence-corrected chi connectivity index (χ0v) is 22.1. The summed E-state index contributed by atoms with van der Waals surface area (Å²) in [6, 6.07) is 17.3. The van der Waals surface area contributed by atoms with Gasteiger partial charge in [-0.2, -0.15) is 0 Å². The van der Waals surface area contributed by atoms with E-state index in [1.165, 1.54) is 4.90 Å². The Balaban J connectivity index is 1.39. The highest BCUT2D eigenvalue weighted by molar-refractivity contribution is 5.76. The highest BCUT2D eigenvalue weighted by atomic mass is 16.6. The molecule has 1 aromatic heterocycles. The molecule has 0 radical (unpaired) electrons. The minimum atomic E-state index is -0.892. The molecular formula is C30H34N2O6. The van der Waals surface area contributed by atoms with Crippen molar-refractivity contribution in [3.8, 4) is 17.2 Å². The van der Waals surface area contributed by atoms with Gasteiger partial charge in [0, 0.05) is 24.7 Å². The second-order valence-corrected chi connectivity index (χ2v) is 9.86. The lowest BCUT2D eigenvalue weighted by Gasteiger charge is -2.29. The van der Waals surface area contributed by atoms with Crippen molar-refractivity contribution in [2.24, 2.45) is 11.8 Å². The van der Waals surface area contributed by atoms with Crippen LogP contribution < -0.4 is 4.74 Å². The summed E-state index contributed by atoms with van der Waals surface area (Å²) in [7, 11) is 0. The topological polar surface area (TPSA) is 102 Å². The summed E-state index contributed by atoms with van der Waals surface area (Å²) >= 11 is 0. The van der Waals surface area contributed by atoms with Crippen molar-refractivity contribution in [2.45, 2.75) is 40.0 Å². The number of rotatable bonds is 10. The van der Waals surface area contributed by atoms with Crippen LogP contribution in [0.3, 0.4) is 0 Å². The average Bonchev–Trinajstić information content (AvgIpc) is 3.28. The monoisotopic (exact) mass is 518 g/mol. The fourth-order valence-corrected chi connectivity index (χ4v) is 4.33. The van der Waals surface area contributed by atoms with Crippen LogP contribution in [0, 0.1) is 18.8 Å². The summed E-state index contributed by atoms with van der Waals surface area (Å²) in [4.78, 5) is 30.4. The number of carbonyl (C=O) groups excluding carboxylic acids is 1. The van der Waals surface area contributed by atoms with Crippen LogP contribution in [0.5, 0.6) is 5.75 Å². The number of carboxylic acids is 1. The number of carboxylic acid groups (broad SMARTS) is 1. The molecule has 1 aliphatic rings. The minimum absolute atomic E-state index is 0.223. The molecule has 0 spiro atoms. The van der Waals surface area contributed by atoms with E-state index in [1.807, 2.05) is 75.4 Å². The molecule has 3 aromatic rings. The van der Waals surface area contributed by atoms with Gasteiger partial charge in [0.05, 0.1) is 24.8 Å². The molecule has 1 amide bonds. The summed E-state index contributed by atoms with van der Waals surface area (Å²) in [5, 5.41) is 9.75. The maximum atomic E-state index is 12.5. The first-order valence-electron chi connectivity index (χ1n) is 12.9. The van der Waals surface area contributed by atoms with E-state index in [1.54, 1.807) is 6.20 Å². The average molecular weight is 519 g/mol. The maximum absolute atomic E-state index is 12.5. The van der Waals surface area contributed by atoms with Crippen LogP contribution in [0.1, 0.15) is 37.3 Å². The number of nitrogens with zero attached hydrogens (tertiary/aromatic N) is 2. The number of hydrogen-bond donors (Lipinski definition) is 1. The smallest absolute Gasteiger partial charge is 0.413 e. The summed E-state index contributed by atoms with van der Waals surface area (Å²) in [6.45, 7) is 6.88. The van der Waals surface area contributed by atoms with Gasteiger partial charge >= 0.3 is 12.1 Å². The molecule has 0 fully saturated rings. The van der Waals surface area contributed by atoms with E-state index in [-0.39, 0.29) is 5.92 Å². The van der Waals surface area contributed by atoms with Crippen molar-refractivity contribution in [1.82, 2.24) is 9.88 Å². The molecule has 1 aliphatic heterocycles. The van der Waals surface area contributed by atoms with Gasteiger partial charge in [-0.1, -0.05) is 44.2 Å². The number of aliphatic carboxylic acids is 1. The summed E-state index contributed by atoms with van der Waals surface area (Å²) in [6.07, 6.45) is 2.51. The van der Waals surface area contributed by atoms with Crippen molar-refractivity contribution in [3.05, 3.63) is 83.4 Å². The van der Waals surface area contributed by atoms with E-state index in [0.29, 0.717) is 56.2 Å². The second-order valence-electron chi connectivity index (χ2n) is 9.86. The fraction of sp³-hybridized carbons (Fsp3) is 0.367. The van der Waals surface area contributed by atoms with Gasteiger partial charge in [0.15, 0.2) is 0 Å². The third-order valence-corrected chi connectivity index (χ3v) is 6.33. The molecule has 0 unspecified atom stereocenters. The van der Waals surface area contributed by atoms with E-state index in [0.717, 1.165) is 22.6 Å². The van der Waals surface area contributed by atoms with E-state index in [4.69, 9.17) is 13.9 Å². The summed E-state index contributed by atoms with van der Waals surface area (Å²) in [5.74, 6) is 0.723. The number of ether oxygens (including phenoxy) is 2. The Hall–Kier alpha value is -4.07. The van der Waals surface area contributed by atoms with Gasteiger partial charge in [-0.15, -0.1) is 0 Å². The third-order valence-electron chi connectivity index (χ3n) is 6.33. The Morgan fingerprint density at radius 2 is 1.95 bits per heavy atom. The maximum Gasteiger partial charge on any atom is 0.413 e. The lowest BCUT2D eigenvalue weighted by atomic mass is 9.88. The van der Waals surface area contributed by atoms with E-state index >= 15 is 0 Å². The number of aryl methyl sites for hydroxylation is 1. The first-order valence-corrected chi connectivity index (χ1v) is 12.9. The van der Waals surface area contributed by atoms with Crippen molar-refractivity contribution in [2.75, 3.05) is 19.8 Å². The molecule has 8 nitrogen and oxygen atoms in total. The highest BCUT2D eigenvalue weighted by Gasteiger charge is 2.30. The number of benzene rings is 2. The Bertz CT molecular complexity index is 1280. The van der Waals surface area contributed by atoms with Gasteiger partial charge in [-0.3, -0.25) is 9.69 Å². The summed E-state index contributed by atoms with van der Waals surface area (Å²) < 4.78 is 17.2. The lowest BCUT2D eigenvalue weighted by molar-refractivity contribution is -0.141. The van der Waals surface area contributed by atoms with Crippen LogP contribution >= 0.6 is 0 Å². The predicted molar refractivity (Wildman–Crippen MR) is 143 cm³/mol. The Morgan fingerprint density at radius 1 is 1.16 bits per heavy atom. The fourth-order valence-electron chi connectivity index (χ4n) is 4.33. The molecule has 4 rings (SSSR count). The first-order chi connectivity index (χ1) is 18.3. The van der Waals surface area contributed by atoms with Gasteiger partial charge in [0.1, 0.15) is 11.5 Å². The number of hydrogen-bond acceptors (Lipinski definition) is 6. The molecule has 0 aliphatic carbocycles. The molecule has 0 saturated heterocycles. The van der Waals surface area contributed by atoms with Crippen LogP contribution in [0.15, 0.2) is 70.8 Å². The number of carbonyl (C=O) groups is 2. The first kappa shape index (κ1) is 27.0. The zero-order valence-electron chi connectivity index (χ0n) is 22.1. The lowest BCUT2D eigenvalue weighted by Crippen LogP contribution is -2.36. The van der Waals surface area contributed by atoms with Crippen molar-refractivity contribution in [1.29, 1.82) is 0 Å². The quantitative estimate of drug-likeness (QED) is 0.357. The van der Waals surface area contributed by atoms with Crippen molar-refractivity contribution < 1.29 is 28.6 Å². The molecule has 200 valence electrons. The molecule has 2 aromatic carbocycles. The number of amides is 1. The van der Waals surface area contributed by atoms with Gasteiger partial charge in [-0.05, 0) is 61.1 Å². The van der Waals surface area contributed by atoms with Gasteiger partial charge in [0.2, 0.25) is 5.89 Å². The Morgan fingerprint density at radius 3 is 2.68 bits per heavy atom. The largest absolute Gasteiger partial charge is 0.493 e. The summed E-state index contributed by atoms with van der Waals surface area (Å²) in [5.41, 5.74) is 3.34. The zero-order chi connectivity index (χ0) is 27.1. The molecule has 38 heavy (non-hydrogen) atoms. The minimum Gasteiger partial charge on any atom is -0.493 e. The molecule has 1 atom stereocenters. The third kappa shape index (κ3) is 7.03. The number of oxazole rings is 1. The van der Waals surface area contributed by atoms with Gasteiger partial charge < -0.3 is 19.0 Å². The van der Waals surface area contributed by atoms with Crippen molar-refractivity contribution >= 4 is 12.1 Å². The Kier molecular flexibility index (Phi) is 8.84. The van der Waals surface area contributed by atoms with Crippen LogP contribution in [0.2, 0.25) is 0 Å². The highest BCUT2D eigenvalue weighted by Crippen LogP contribution is 2.28. The molecule has 8 heteroatoms. The van der Waals surface area contributed by atoms with Crippen LogP contribution in [0.4, 0.5) is 4.79 Å². The molecule has 1 N–H and O–H groups in total. The van der Waals surface area contributed by atoms with Crippen LogP contribution in [0.25, 0.3) is 11.5 Å². The molecular weight excluding hydrogens is 484 g/mol. The van der Waals surface area contributed by atoms with E-state index < -0.39 is 18.0 Å². The molecule has 0 bridgehead atoms. The van der Waals surface area contributed by atoms with E-state index in [2.05, 4.69) is 4.98 Å². The predicted octanol–water partition coefficient (Wildman–Crippen LogP) is 5.90. The van der Waals surface area contributed by atoms with Crippen LogP contribution in [-0.4, -0.2) is 46.8 Å². The van der Waals surface area contributed by atoms with Crippen LogP contribution in [-0.2, 0) is 22.4 Å². The molecule has 0 saturated carbocycles. The van der Waals surface area contributed by atoms with Gasteiger partial charge in [0.25, 0.3) is 0 Å². The molecule has 2 heterocycles. The van der Waals surface area contributed by atoms with Gasteiger partial charge in [-0.25, -0.2) is 9.78 Å². The Labute approximate surface area is 222 Å². The standard InChI is InChI=1S/C30H34N2O6/c1-20(2)19-37-30(35)32-14-12-26(29(33)34)24(18-32)16-22-8-7-11-25(17-22)36-15-13-27-21(3)38-28(31-27)23-9-5-4-6-10-23/h4-11,17-18,20,26H,12-16,19H2,1-3H3,(H,33,34)/t26-/m1/s1. The van der Waals surface area contributed by atoms with E-state index in [9.17, 15) is 14.7 Å². The SMILES string of the molecule is Cc1oc(-c2ccccc2)nc1CCOc1cccc(CC2=CN(C(=O)OCC(C)C)CC[C@H]2C(=O)O)c1. The normalized spacial score (nSPS) is 15.3. The second kappa shape index (κ2) is 12.4. The van der Waals surface area contributed by atoms with Crippen molar-refractivity contribution in [3.63, 3.8) is 0 Å². The number of aromatic nitrogens is 1.